The van der Waals surface area contributed by atoms with Crippen molar-refractivity contribution >= 4 is 12.0 Å². The first-order chi connectivity index (χ1) is 8.86. The molecule has 0 aromatic rings. The fourth-order valence-corrected chi connectivity index (χ4v) is 1.65. The number of aliphatic carboxylic acids is 1. The third-order valence-electron chi connectivity index (χ3n) is 2.96. The Hall–Kier alpha value is -1.60. The lowest BCUT2D eigenvalue weighted by atomic mass is 10.1. The van der Waals surface area contributed by atoms with Crippen LogP contribution < -0.4 is 5.32 Å². The Labute approximate surface area is 111 Å². The molecular formula is C12H20N2O5. The van der Waals surface area contributed by atoms with Crippen LogP contribution in [0.25, 0.3) is 0 Å². The molecule has 0 fully saturated rings. The topological polar surface area (TPSA) is 99.1 Å². The Morgan fingerprint density at radius 3 is 2.74 bits per heavy atom. The van der Waals surface area contributed by atoms with Gasteiger partial charge in [0, 0.05) is 20.2 Å². The van der Waals surface area contributed by atoms with Crippen LogP contribution in [0.1, 0.15) is 13.3 Å². The molecule has 0 spiro atoms. The molecule has 108 valence electrons. The highest BCUT2D eigenvalue weighted by molar-refractivity contribution is 5.79. The number of nitrogens with one attached hydrogen (secondary N) is 1. The second-order valence-electron chi connectivity index (χ2n) is 4.73. The molecule has 0 bridgehead atoms. The van der Waals surface area contributed by atoms with Crippen LogP contribution in [0.2, 0.25) is 0 Å². The molecule has 0 saturated carbocycles. The van der Waals surface area contributed by atoms with Gasteiger partial charge in [0.1, 0.15) is 0 Å². The molecule has 1 unspecified atom stereocenters. The van der Waals surface area contributed by atoms with Gasteiger partial charge in [0.25, 0.3) is 0 Å². The molecule has 1 heterocycles. The van der Waals surface area contributed by atoms with Gasteiger partial charge in [-0.15, -0.1) is 0 Å². The van der Waals surface area contributed by atoms with E-state index in [0.29, 0.717) is 19.7 Å². The first kappa shape index (κ1) is 15.5. The zero-order valence-electron chi connectivity index (χ0n) is 11.2. The summed E-state index contributed by atoms with van der Waals surface area (Å²) in [4.78, 5) is 24.0. The molecule has 19 heavy (non-hydrogen) atoms. The van der Waals surface area contributed by atoms with Crippen molar-refractivity contribution in [2.45, 2.75) is 18.9 Å². The molecule has 3 N–H and O–H groups in total. The second kappa shape index (κ2) is 6.53. The molecule has 1 atom stereocenters. The minimum Gasteiger partial charge on any atom is -0.479 e. The Morgan fingerprint density at radius 2 is 2.26 bits per heavy atom. The number of ether oxygens (including phenoxy) is 1. The van der Waals surface area contributed by atoms with Crippen molar-refractivity contribution < 1.29 is 24.5 Å². The average molecular weight is 272 g/mol. The van der Waals surface area contributed by atoms with Gasteiger partial charge >= 0.3 is 12.0 Å². The van der Waals surface area contributed by atoms with Crippen LogP contribution in [0.4, 0.5) is 4.79 Å². The molecule has 1 aliphatic rings. The number of carboxylic acid groups (broad SMARTS) is 1. The Bertz CT molecular complexity index is 378. The van der Waals surface area contributed by atoms with Gasteiger partial charge < -0.3 is 25.2 Å². The van der Waals surface area contributed by atoms with Crippen molar-refractivity contribution in [1.29, 1.82) is 0 Å². The summed E-state index contributed by atoms with van der Waals surface area (Å²) in [5, 5.41) is 20.6. The number of aliphatic hydroxyl groups is 1. The summed E-state index contributed by atoms with van der Waals surface area (Å²) in [6.07, 6.45) is 2.65. The number of carbonyl (C=O) groups excluding carboxylic acids is 1. The molecular weight excluding hydrogens is 252 g/mol. The van der Waals surface area contributed by atoms with E-state index in [9.17, 15) is 14.7 Å². The maximum Gasteiger partial charge on any atom is 0.337 e. The fourth-order valence-electron chi connectivity index (χ4n) is 1.65. The number of nitrogens with zero attached hydrogens (tertiary/aromatic N) is 1. The lowest BCUT2D eigenvalue weighted by molar-refractivity contribution is -0.155. The Morgan fingerprint density at radius 1 is 1.58 bits per heavy atom. The first-order valence-electron chi connectivity index (χ1n) is 6.02. The van der Waals surface area contributed by atoms with Crippen molar-refractivity contribution in [3.63, 3.8) is 0 Å². The molecule has 2 amide bonds. The highest BCUT2D eigenvalue weighted by Gasteiger charge is 2.31. The minimum absolute atomic E-state index is 0.327. The van der Waals surface area contributed by atoms with Gasteiger partial charge in [-0.25, -0.2) is 9.59 Å². The van der Waals surface area contributed by atoms with Crippen molar-refractivity contribution in [1.82, 2.24) is 10.2 Å². The van der Waals surface area contributed by atoms with Crippen LogP contribution in [0.15, 0.2) is 11.6 Å². The van der Waals surface area contributed by atoms with Gasteiger partial charge in [0.15, 0.2) is 5.60 Å². The molecule has 0 aromatic heterocycles. The summed E-state index contributed by atoms with van der Waals surface area (Å²) in [7, 11) is 1.62. The van der Waals surface area contributed by atoms with Crippen LogP contribution in [-0.4, -0.2) is 66.1 Å². The normalized spacial score (nSPS) is 18.5. The molecule has 7 nitrogen and oxygen atoms in total. The average Bonchev–Trinajstić information content (AvgIpc) is 2.37. The molecule has 0 aromatic carbocycles. The zero-order chi connectivity index (χ0) is 14.5. The van der Waals surface area contributed by atoms with E-state index in [4.69, 9.17) is 9.84 Å². The number of hydrogen-bond acceptors (Lipinski definition) is 4. The van der Waals surface area contributed by atoms with E-state index in [0.717, 1.165) is 18.9 Å². The van der Waals surface area contributed by atoms with Gasteiger partial charge in [-0.1, -0.05) is 6.08 Å². The molecule has 0 aliphatic carbocycles. The van der Waals surface area contributed by atoms with Gasteiger partial charge in [-0.3, -0.25) is 0 Å². The minimum atomic E-state index is -1.96. The number of amides is 2. The fraction of sp³-hybridized carbons (Fsp3) is 0.667. The van der Waals surface area contributed by atoms with E-state index in [2.05, 4.69) is 5.32 Å². The van der Waals surface area contributed by atoms with Crippen LogP contribution >= 0.6 is 0 Å². The smallest absolute Gasteiger partial charge is 0.337 e. The van der Waals surface area contributed by atoms with Gasteiger partial charge in [-0.2, -0.15) is 0 Å². The highest BCUT2D eigenvalue weighted by Crippen LogP contribution is 2.11. The van der Waals surface area contributed by atoms with Crippen LogP contribution in [0.3, 0.4) is 0 Å². The summed E-state index contributed by atoms with van der Waals surface area (Å²) in [5.74, 6) is -1.37. The van der Waals surface area contributed by atoms with Crippen molar-refractivity contribution in [3.05, 3.63) is 11.6 Å². The van der Waals surface area contributed by atoms with Crippen molar-refractivity contribution in [2.24, 2.45) is 0 Å². The number of hydrogen-bond donors (Lipinski definition) is 3. The SMILES string of the molecule is COCC1=CCN(C(=O)NCC(C)(O)C(=O)O)CC1. The summed E-state index contributed by atoms with van der Waals surface area (Å²) >= 11 is 0. The first-order valence-corrected chi connectivity index (χ1v) is 6.02. The standard InChI is InChI=1S/C12H20N2O5/c1-12(18,10(15)16)8-13-11(17)14-5-3-9(4-6-14)7-19-2/h3,18H,4-8H2,1-2H3,(H,13,17)(H,15,16). The molecule has 1 aliphatic heterocycles. The van der Waals surface area contributed by atoms with Crippen molar-refractivity contribution in [3.8, 4) is 0 Å². The number of carbonyl (C=O) groups is 2. The van der Waals surface area contributed by atoms with E-state index >= 15 is 0 Å². The van der Waals surface area contributed by atoms with E-state index in [1.54, 1.807) is 12.0 Å². The summed E-state index contributed by atoms with van der Waals surface area (Å²) in [6.45, 7) is 2.38. The second-order valence-corrected chi connectivity index (χ2v) is 4.73. The number of carboxylic acids is 1. The monoisotopic (exact) mass is 272 g/mol. The van der Waals surface area contributed by atoms with Gasteiger partial charge in [0.2, 0.25) is 0 Å². The Kier molecular flexibility index (Phi) is 5.31. The molecule has 7 heteroatoms. The van der Waals surface area contributed by atoms with Crippen LogP contribution in [0, 0.1) is 0 Å². The molecule has 1 rings (SSSR count). The predicted molar refractivity (Wildman–Crippen MR) is 67.8 cm³/mol. The number of methoxy groups -OCH3 is 1. The lowest BCUT2D eigenvalue weighted by Crippen LogP contribution is -2.50. The maximum atomic E-state index is 11.8. The summed E-state index contributed by atoms with van der Waals surface area (Å²) in [5.41, 5.74) is -0.813. The predicted octanol–water partition coefficient (Wildman–Crippen LogP) is -0.190. The third-order valence-corrected chi connectivity index (χ3v) is 2.96. The maximum absolute atomic E-state index is 11.8. The van der Waals surface area contributed by atoms with Gasteiger partial charge in [0.05, 0.1) is 13.2 Å². The lowest BCUT2D eigenvalue weighted by Gasteiger charge is -2.28. The van der Waals surface area contributed by atoms with E-state index in [1.165, 1.54) is 0 Å². The zero-order valence-corrected chi connectivity index (χ0v) is 11.2. The summed E-state index contributed by atoms with van der Waals surface area (Å²) in [6, 6.07) is -0.380. The van der Waals surface area contributed by atoms with Crippen molar-refractivity contribution in [2.75, 3.05) is 33.4 Å². The number of urea groups is 1. The molecule has 0 radical (unpaired) electrons. The number of rotatable bonds is 5. The quantitative estimate of drug-likeness (QED) is 0.602. The van der Waals surface area contributed by atoms with Gasteiger partial charge in [-0.05, 0) is 18.9 Å². The Balaban J connectivity index is 2.42. The van der Waals surface area contributed by atoms with E-state index in [1.807, 2.05) is 6.08 Å². The molecule has 0 saturated heterocycles. The van der Waals surface area contributed by atoms with Crippen LogP contribution in [0.5, 0.6) is 0 Å². The summed E-state index contributed by atoms with van der Waals surface area (Å²) < 4.78 is 5.01. The largest absolute Gasteiger partial charge is 0.479 e. The third kappa shape index (κ3) is 4.53. The van der Waals surface area contributed by atoms with E-state index in [-0.39, 0.29) is 12.6 Å². The van der Waals surface area contributed by atoms with Crippen LogP contribution in [-0.2, 0) is 9.53 Å². The van der Waals surface area contributed by atoms with E-state index < -0.39 is 11.6 Å². The highest BCUT2D eigenvalue weighted by atomic mass is 16.5.